The van der Waals surface area contributed by atoms with Crippen LogP contribution in [-0.2, 0) is 25.5 Å². The number of methoxy groups -OCH3 is 1. The second kappa shape index (κ2) is 11.5. The number of ether oxygens (including phenoxy) is 1. The Morgan fingerprint density at radius 2 is 1.83 bits per heavy atom. The van der Waals surface area contributed by atoms with Crippen molar-refractivity contribution in [2.45, 2.75) is 38.8 Å². The third-order valence-corrected chi connectivity index (χ3v) is 8.52. The molecule has 1 aromatic rings. The predicted octanol–water partition coefficient (Wildman–Crippen LogP) is 2.73. The number of carbonyl (C=O) groups excluding carboxylic acids is 2. The zero-order valence-electron chi connectivity index (χ0n) is 20.7. The highest BCUT2D eigenvalue weighted by molar-refractivity contribution is 7.08. The van der Waals surface area contributed by atoms with Gasteiger partial charge in [-0.1, -0.05) is 0 Å². The second-order valence-electron chi connectivity index (χ2n) is 9.69. The van der Waals surface area contributed by atoms with Gasteiger partial charge in [-0.05, 0) is 48.6 Å². The number of alkyl halides is 3. The lowest BCUT2D eigenvalue weighted by Crippen LogP contribution is -2.53. The summed E-state index contributed by atoms with van der Waals surface area (Å²) in [6, 6.07) is 2.03. The molecule has 3 fully saturated rings. The number of thiophene rings is 1. The number of carboxylic acid groups (broad SMARTS) is 1. The first-order valence-corrected chi connectivity index (χ1v) is 13.0. The molecule has 3 saturated heterocycles. The van der Waals surface area contributed by atoms with E-state index < -0.39 is 12.1 Å². The van der Waals surface area contributed by atoms with E-state index >= 15 is 0 Å². The lowest BCUT2D eigenvalue weighted by atomic mass is 9.60. The molecule has 2 spiro atoms. The van der Waals surface area contributed by atoms with E-state index in [0.717, 1.165) is 70.6 Å². The average Bonchev–Trinajstić information content (AvgIpc) is 3.53. The molecule has 1 unspecified atom stereocenters. The van der Waals surface area contributed by atoms with E-state index in [2.05, 4.69) is 17.2 Å². The number of rotatable bonds is 6. The van der Waals surface area contributed by atoms with Gasteiger partial charge in [0, 0.05) is 58.3 Å². The summed E-state index contributed by atoms with van der Waals surface area (Å²) in [5.74, 6) is -2.19. The van der Waals surface area contributed by atoms with Crippen LogP contribution in [0.15, 0.2) is 16.8 Å². The van der Waals surface area contributed by atoms with Gasteiger partial charge in [-0.15, -0.1) is 0 Å². The molecular weight excluding hydrogens is 499 g/mol. The Kier molecular flexibility index (Phi) is 9.05. The molecule has 202 valence electrons. The number of hydrogen-bond donors (Lipinski definition) is 1. The van der Waals surface area contributed by atoms with E-state index in [4.69, 9.17) is 14.6 Å². The fourth-order valence-electron chi connectivity index (χ4n) is 5.84. The summed E-state index contributed by atoms with van der Waals surface area (Å²) in [6.45, 7) is 8.64. The summed E-state index contributed by atoms with van der Waals surface area (Å²) in [6.07, 6.45) is -1.79. The van der Waals surface area contributed by atoms with Crippen LogP contribution in [0.3, 0.4) is 0 Å². The second-order valence-corrected chi connectivity index (χ2v) is 10.5. The van der Waals surface area contributed by atoms with Gasteiger partial charge in [-0.3, -0.25) is 14.5 Å². The van der Waals surface area contributed by atoms with Crippen LogP contribution in [0, 0.1) is 10.8 Å². The molecule has 0 saturated carbocycles. The number of nitrogens with zero attached hydrogens (tertiary/aromatic N) is 3. The predicted molar refractivity (Wildman–Crippen MR) is 128 cm³/mol. The third kappa shape index (κ3) is 5.86. The first-order valence-electron chi connectivity index (χ1n) is 12.1. The monoisotopic (exact) mass is 533 g/mol. The minimum absolute atomic E-state index is 0.0130. The summed E-state index contributed by atoms with van der Waals surface area (Å²) < 4.78 is 37.0. The Morgan fingerprint density at radius 1 is 1.17 bits per heavy atom. The van der Waals surface area contributed by atoms with Crippen LogP contribution in [-0.4, -0.2) is 103 Å². The van der Waals surface area contributed by atoms with Crippen molar-refractivity contribution in [3.8, 4) is 0 Å². The average molecular weight is 534 g/mol. The van der Waals surface area contributed by atoms with Gasteiger partial charge < -0.3 is 19.6 Å². The summed E-state index contributed by atoms with van der Waals surface area (Å²) in [4.78, 5) is 41.6. The maximum Gasteiger partial charge on any atom is 0.490 e. The molecule has 1 atom stereocenters. The summed E-state index contributed by atoms with van der Waals surface area (Å²) in [5, 5.41) is 11.2. The highest BCUT2D eigenvalue weighted by atomic mass is 32.1. The van der Waals surface area contributed by atoms with Crippen molar-refractivity contribution in [2.24, 2.45) is 10.8 Å². The van der Waals surface area contributed by atoms with Crippen LogP contribution in [0.1, 0.15) is 31.7 Å². The van der Waals surface area contributed by atoms with Crippen LogP contribution in [0.4, 0.5) is 13.2 Å². The standard InChI is InChI=1S/C22H33N3O3S.C2HF3O2/c1-3-24-10-7-22(20(24)27)17-23(11-12-28-2)16-21(22)5-8-25(9-6-21)19(26)14-18-4-13-29-15-18;3-2(4,5)1(6)7/h4,13,15H,3,5-12,14,16-17H2,1-2H3;(H,6,7). The number of halogens is 3. The number of piperidine rings is 1. The molecule has 4 rings (SSSR count). The first kappa shape index (κ1) is 28.4. The number of carbonyl (C=O) groups is 3. The fourth-order valence-corrected chi connectivity index (χ4v) is 6.51. The molecule has 0 bridgehead atoms. The molecule has 1 aromatic heterocycles. The molecule has 3 aliphatic rings. The molecule has 0 radical (unpaired) electrons. The van der Waals surface area contributed by atoms with E-state index in [1.807, 2.05) is 21.2 Å². The molecular formula is C24H34F3N3O5S. The van der Waals surface area contributed by atoms with Crippen molar-refractivity contribution in [3.63, 3.8) is 0 Å². The summed E-state index contributed by atoms with van der Waals surface area (Å²) >= 11 is 1.64. The van der Waals surface area contributed by atoms with Crippen molar-refractivity contribution in [1.82, 2.24) is 14.7 Å². The van der Waals surface area contributed by atoms with Crippen LogP contribution in [0.25, 0.3) is 0 Å². The normalized spacial score (nSPS) is 23.9. The molecule has 12 heteroatoms. The van der Waals surface area contributed by atoms with Crippen LogP contribution in [0.5, 0.6) is 0 Å². The van der Waals surface area contributed by atoms with E-state index in [1.165, 1.54) is 0 Å². The molecule has 4 heterocycles. The zero-order chi connectivity index (χ0) is 26.6. The maximum atomic E-state index is 13.5. The molecule has 8 nitrogen and oxygen atoms in total. The molecule has 3 aliphatic heterocycles. The van der Waals surface area contributed by atoms with E-state index in [-0.39, 0.29) is 16.7 Å². The maximum absolute atomic E-state index is 13.5. The van der Waals surface area contributed by atoms with E-state index in [0.29, 0.717) is 18.9 Å². The first-order chi connectivity index (χ1) is 17.0. The number of fused-ring (bicyclic) bond motifs is 1. The van der Waals surface area contributed by atoms with Crippen molar-refractivity contribution >= 4 is 29.1 Å². The highest BCUT2D eigenvalue weighted by Crippen LogP contribution is 2.57. The summed E-state index contributed by atoms with van der Waals surface area (Å²) in [5.41, 5.74) is 0.813. The van der Waals surface area contributed by atoms with Crippen molar-refractivity contribution < 1.29 is 37.4 Å². The van der Waals surface area contributed by atoms with Gasteiger partial charge in [0.25, 0.3) is 0 Å². The molecule has 36 heavy (non-hydrogen) atoms. The van der Waals surface area contributed by atoms with Gasteiger partial charge in [-0.25, -0.2) is 4.79 Å². The van der Waals surface area contributed by atoms with E-state index in [9.17, 15) is 22.8 Å². The van der Waals surface area contributed by atoms with Crippen LogP contribution >= 0.6 is 11.3 Å². The Labute approximate surface area is 213 Å². The third-order valence-electron chi connectivity index (χ3n) is 7.78. The van der Waals surface area contributed by atoms with Crippen molar-refractivity contribution in [2.75, 3.05) is 59.5 Å². The smallest absolute Gasteiger partial charge is 0.475 e. The number of aliphatic carboxylic acids is 1. The minimum atomic E-state index is -5.08. The van der Waals surface area contributed by atoms with Gasteiger partial charge in [0.2, 0.25) is 11.8 Å². The number of hydrogen-bond acceptors (Lipinski definition) is 6. The SMILES string of the molecule is CCN1CCC2(CN(CCOC)CC23CCN(C(=O)Cc2ccsc2)CC3)C1=O.O=C(O)C(F)(F)F. The van der Waals surface area contributed by atoms with Crippen molar-refractivity contribution in [3.05, 3.63) is 22.4 Å². The largest absolute Gasteiger partial charge is 0.490 e. The van der Waals surface area contributed by atoms with Crippen LogP contribution < -0.4 is 0 Å². The molecule has 2 amide bonds. The number of likely N-dealkylation sites (tertiary alicyclic amines) is 3. The topological polar surface area (TPSA) is 90.4 Å². The highest BCUT2D eigenvalue weighted by Gasteiger charge is 2.64. The zero-order valence-corrected chi connectivity index (χ0v) is 21.5. The van der Waals surface area contributed by atoms with Crippen molar-refractivity contribution in [1.29, 1.82) is 0 Å². The lowest BCUT2D eigenvalue weighted by molar-refractivity contribution is -0.192. The fraction of sp³-hybridized carbons (Fsp3) is 0.708. The van der Waals surface area contributed by atoms with Gasteiger partial charge in [0.1, 0.15) is 0 Å². The van der Waals surface area contributed by atoms with Gasteiger partial charge in [0.15, 0.2) is 0 Å². The van der Waals surface area contributed by atoms with Gasteiger partial charge in [0.05, 0.1) is 18.4 Å². The molecule has 0 aliphatic carbocycles. The Bertz CT molecular complexity index is 919. The van der Waals surface area contributed by atoms with Gasteiger partial charge in [-0.2, -0.15) is 24.5 Å². The molecule has 1 N–H and O–H groups in total. The lowest BCUT2D eigenvalue weighted by Gasteiger charge is -2.47. The quantitative estimate of drug-likeness (QED) is 0.605. The molecule has 0 aromatic carbocycles. The van der Waals surface area contributed by atoms with Gasteiger partial charge >= 0.3 is 12.1 Å². The summed E-state index contributed by atoms with van der Waals surface area (Å²) in [7, 11) is 1.73. The van der Waals surface area contributed by atoms with E-state index in [1.54, 1.807) is 18.4 Å². The Balaban J connectivity index is 0.000000454. The number of amides is 2. The minimum Gasteiger partial charge on any atom is -0.475 e. The Hall–Kier alpha value is -2.18. The number of carboxylic acids is 1. The Morgan fingerprint density at radius 3 is 2.33 bits per heavy atom. The van der Waals surface area contributed by atoms with Crippen LogP contribution in [0.2, 0.25) is 0 Å².